The lowest BCUT2D eigenvalue weighted by atomic mass is 9.80. The molecule has 10 heteroatoms. The number of nitrogens with one attached hydrogen (secondary N) is 1. The zero-order valence-electron chi connectivity index (χ0n) is 19.7. The third-order valence-corrected chi connectivity index (χ3v) is 6.43. The summed E-state index contributed by atoms with van der Waals surface area (Å²) in [5.41, 5.74) is 11.8. The summed E-state index contributed by atoms with van der Waals surface area (Å²) in [7, 11) is 0.516. The number of nitrogens with two attached hydrogens (primary N) is 1. The molecule has 9 nitrogen and oxygen atoms in total. The van der Waals surface area contributed by atoms with Crippen LogP contribution in [0, 0.1) is 6.92 Å². The predicted octanol–water partition coefficient (Wildman–Crippen LogP) is 1.48. The number of nitrogens with zero attached hydrogens (tertiary/aromatic N) is 4. The van der Waals surface area contributed by atoms with Gasteiger partial charge in [-0.15, -0.1) is 0 Å². The van der Waals surface area contributed by atoms with E-state index in [0.717, 1.165) is 53.1 Å². The minimum atomic E-state index is -1.52. The van der Waals surface area contributed by atoms with Gasteiger partial charge in [-0.2, -0.15) is 0 Å². The van der Waals surface area contributed by atoms with E-state index in [1.807, 2.05) is 36.7 Å². The monoisotopic (exact) mass is 470 g/mol. The predicted molar refractivity (Wildman–Crippen MR) is 137 cm³/mol. The maximum Gasteiger partial charge on any atom is 0.488 e. The van der Waals surface area contributed by atoms with E-state index in [9.17, 15) is 14.8 Å². The van der Waals surface area contributed by atoms with E-state index in [2.05, 4.69) is 10.2 Å². The van der Waals surface area contributed by atoms with Gasteiger partial charge < -0.3 is 30.4 Å². The normalized spacial score (nSPS) is 13.1. The molecule has 4 aromatic rings. The van der Waals surface area contributed by atoms with Gasteiger partial charge >= 0.3 is 7.12 Å². The Hall–Kier alpha value is -3.89. The van der Waals surface area contributed by atoms with Gasteiger partial charge in [0, 0.05) is 26.3 Å². The Bertz CT molecular complexity index is 1430. The van der Waals surface area contributed by atoms with Crippen LogP contribution in [0.25, 0.3) is 17.0 Å². The number of carbonyl (C=O) groups is 1. The molecule has 1 aliphatic rings. The van der Waals surface area contributed by atoms with E-state index in [4.69, 9.17) is 15.7 Å². The van der Waals surface area contributed by atoms with Crippen molar-refractivity contribution in [3.05, 3.63) is 71.0 Å². The van der Waals surface area contributed by atoms with Crippen molar-refractivity contribution in [1.82, 2.24) is 14.4 Å². The molecule has 178 valence electrons. The molecule has 0 spiro atoms. The average Bonchev–Trinajstić information content (AvgIpc) is 3.18. The number of primary amides is 1. The minimum absolute atomic E-state index is 0.437. The summed E-state index contributed by atoms with van der Waals surface area (Å²) < 4.78 is 1.92. The lowest BCUT2D eigenvalue weighted by Crippen LogP contribution is -2.30. The van der Waals surface area contributed by atoms with Crippen LogP contribution in [-0.2, 0) is 13.0 Å². The van der Waals surface area contributed by atoms with Gasteiger partial charge in [0.25, 0.3) is 5.91 Å². The summed E-state index contributed by atoms with van der Waals surface area (Å²) in [6.07, 6.45) is 3.72. The van der Waals surface area contributed by atoms with Crippen molar-refractivity contribution in [2.45, 2.75) is 26.3 Å². The van der Waals surface area contributed by atoms with Crippen LogP contribution in [0.15, 0.2) is 48.7 Å². The number of anilines is 2. The highest BCUT2D eigenvalue weighted by Crippen LogP contribution is 2.35. The number of aromatic nitrogens is 3. The maximum absolute atomic E-state index is 12.0. The first-order valence-electron chi connectivity index (χ1n) is 11.5. The van der Waals surface area contributed by atoms with Gasteiger partial charge in [0.1, 0.15) is 5.69 Å². The van der Waals surface area contributed by atoms with Gasteiger partial charge in [-0.25, -0.2) is 9.97 Å². The highest BCUT2D eigenvalue weighted by atomic mass is 16.4. The van der Waals surface area contributed by atoms with Crippen molar-refractivity contribution in [2.75, 3.05) is 23.8 Å². The molecule has 1 aliphatic heterocycles. The van der Waals surface area contributed by atoms with Crippen LogP contribution in [0.4, 0.5) is 11.5 Å². The fourth-order valence-corrected chi connectivity index (χ4v) is 4.77. The Labute approximate surface area is 203 Å². The average molecular weight is 470 g/mol. The molecule has 0 radical (unpaired) electrons. The van der Waals surface area contributed by atoms with Crippen LogP contribution in [0.5, 0.6) is 0 Å². The Balaban J connectivity index is 1.60. The van der Waals surface area contributed by atoms with Crippen LogP contribution < -0.4 is 21.4 Å². The van der Waals surface area contributed by atoms with E-state index >= 15 is 0 Å². The number of amides is 1. The molecule has 4 heterocycles. The Morgan fingerprint density at radius 1 is 1.20 bits per heavy atom. The number of benzene rings is 1. The molecule has 3 aromatic heterocycles. The van der Waals surface area contributed by atoms with Crippen LogP contribution in [-0.4, -0.2) is 51.0 Å². The minimum Gasteiger partial charge on any atom is -0.423 e. The number of hydrogen-bond donors (Lipinski definition) is 4. The van der Waals surface area contributed by atoms with E-state index in [1.54, 1.807) is 30.3 Å². The molecule has 35 heavy (non-hydrogen) atoms. The zero-order chi connectivity index (χ0) is 24.7. The van der Waals surface area contributed by atoms with Gasteiger partial charge in [-0.3, -0.25) is 4.79 Å². The highest BCUT2D eigenvalue weighted by Gasteiger charge is 2.24. The van der Waals surface area contributed by atoms with Crippen LogP contribution in [0.2, 0.25) is 0 Å². The summed E-state index contributed by atoms with van der Waals surface area (Å²) in [5.74, 6) is 0.799. The quantitative estimate of drug-likeness (QED) is 0.314. The first-order chi connectivity index (χ1) is 16.8. The molecule has 1 amide bonds. The topological polar surface area (TPSA) is 129 Å². The Morgan fingerprint density at radius 3 is 2.80 bits per heavy atom. The lowest BCUT2D eigenvalue weighted by molar-refractivity contribution is 0.100. The Kier molecular flexibility index (Phi) is 5.92. The first kappa shape index (κ1) is 22.9. The van der Waals surface area contributed by atoms with Gasteiger partial charge in [0.05, 0.1) is 22.5 Å². The van der Waals surface area contributed by atoms with Gasteiger partial charge in [-0.05, 0) is 54.6 Å². The van der Waals surface area contributed by atoms with Crippen molar-refractivity contribution in [2.24, 2.45) is 5.73 Å². The Morgan fingerprint density at radius 2 is 2.03 bits per heavy atom. The van der Waals surface area contributed by atoms with Crippen molar-refractivity contribution < 1.29 is 14.8 Å². The number of pyridine rings is 1. The number of hydrogen-bond acceptors (Lipinski definition) is 7. The second kappa shape index (κ2) is 9.05. The summed E-state index contributed by atoms with van der Waals surface area (Å²) in [6.45, 7) is 3.34. The SMILES string of the molecule is Cc1cc2c(C(N)=O)cccn2c1-c1nc2c(c(NCc3cccc(B(O)O)c3)n1)N(C)CCC2. The summed E-state index contributed by atoms with van der Waals surface area (Å²) in [4.78, 5) is 24.0. The van der Waals surface area contributed by atoms with Crippen LogP contribution >= 0.6 is 0 Å². The van der Waals surface area contributed by atoms with Gasteiger partial charge in [0.2, 0.25) is 0 Å². The molecule has 5 rings (SSSR count). The zero-order valence-corrected chi connectivity index (χ0v) is 19.7. The van der Waals surface area contributed by atoms with E-state index in [0.29, 0.717) is 29.2 Å². The molecule has 1 aromatic carbocycles. The van der Waals surface area contributed by atoms with Crippen molar-refractivity contribution in [1.29, 1.82) is 0 Å². The number of rotatable bonds is 6. The van der Waals surface area contributed by atoms with Gasteiger partial charge in [0.15, 0.2) is 11.6 Å². The first-order valence-corrected chi connectivity index (χ1v) is 11.5. The summed E-state index contributed by atoms with van der Waals surface area (Å²) in [5, 5.41) is 22.5. The van der Waals surface area contributed by atoms with E-state index < -0.39 is 13.0 Å². The fourth-order valence-electron chi connectivity index (χ4n) is 4.77. The van der Waals surface area contributed by atoms with Crippen molar-refractivity contribution in [3.63, 3.8) is 0 Å². The van der Waals surface area contributed by atoms with E-state index in [-0.39, 0.29) is 0 Å². The van der Waals surface area contributed by atoms with Crippen molar-refractivity contribution in [3.8, 4) is 11.5 Å². The molecule has 0 unspecified atom stereocenters. The molecular weight excluding hydrogens is 443 g/mol. The van der Waals surface area contributed by atoms with Crippen LogP contribution in [0.3, 0.4) is 0 Å². The highest BCUT2D eigenvalue weighted by molar-refractivity contribution is 6.58. The second-order valence-corrected chi connectivity index (χ2v) is 8.91. The van der Waals surface area contributed by atoms with Crippen LogP contribution in [0.1, 0.15) is 33.6 Å². The molecule has 0 aliphatic carbocycles. The summed E-state index contributed by atoms with van der Waals surface area (Å²) in [6, 6.07) is 12.6. The third-order valence-electron chi connectivity index (χ3n) is 6.43. The molecule has 0 atom stereocenters. The number of aryl methyl sites for hydroxylation is 2. The second-order valence-electron chi connectivity index (χ2n) is 8.91. The molecule has 0 saturated carbocycles. The standard InChI is InChI=1S/C25H27BN6O3/c1-15-12-20-18(23(27)33)8-4-11-32(20)21(15)25-29-19-9-5-10-31(2)22(19)24(30-25)28-14-16-6-3-7-17(13-16)26(34)35/h3-4,6-8,11-13,34-35H,5,9-10,14H2,1-2H3,(H2,27,33)(H,28,29,30). The molecule has 0 saturated heterocycles. The number of fused-ring (bicyclic) bond motifs is 2. The van der Waals surface area contributed by atoms with Crippen molar-refractivity contribution >= 4 is 35.5 Å². The van der Waals surface area contributed by atoms with E-state index in [1.165, 1.54) is 0 Å². The molecular formula is C25H27BN6O3. The third kappa shape index (κ3) is 4.22. The van der Waals surface area contributed by atoms with Gasteiger partial charge in [-0.1, -0.05) is 24.3 Å². The smallest absolute Gasteiger partial charge is 0.423 e. The molecule has 0 fully saturated rings. The summed E-state index contributed by atoms with van der Waals surface area (Å²) >= 11 is 0. The maximum atomic E-state index is 12.0. The molecule has 5 N–H and O–H groups in total. The molecule has 0 bridgehead atoms. The fraction of sp³-hybridized carbons (Fsp3) is 0.240. The number of carbonyl (C=O) groups excluding carboxylic acids is 1. The largest absolute Gasteiger partial charge is 0.488 e. The lowest BCUT2D eigenvalue weighted by Gasteiger charge is -2.29.